The first-order valence-corrected chi connectivity index (χ1v) is 8.55. The summed E-state index contributed by atoms with van der Waals surface area (Å²) in [5.74, 6) is 2.36. The molecule has 3 aromatic rings. The molecule has 7 heteroatoms. The molecule has 0 unspecified atom stereocenters. The highest BCUT2D eigenvalue weighted by atomic mass is 32.1. The van der Waals surface area contributed by atoms with E-state index in [1.165, 1.54) is 0 Å². The Balaban J connectivity index is 1.53. The summed E-state index contributed by atoms with van der Waals surface area (Å²) in [6.45, 7) is 1.41. The van der Waals surface area contributed by atoms with Crippen molar-refractivity contribution in [2.45, 2.75) is 13.1 Å². The van der Waals surface area contributed by atoms with Gasteiger partial charge in [0, 0.05) is 12.7 Å². The Bertz CT molecular complexity index is 884. The zero-order valence-corrected chi connectivity index (χ0v) is 14.7. The van der Waals surface area contributed by atoms with Crippen LogP contribution < -0.4 is 14.8 Å². The number of hydrogen-bond donors (Lipinski definition) is 1. The van der Waals surface area contributed by atoms with Crippen molar-refractivity contribution in [1.29, 1.82) is 0 Å². The number of nitrogens with one attached hydrogen (secondary N) is 1. The van der Waals surface area contributed by atoms with E-state index in [1.54, 1.807) is 18.7 Å². The van der Waals surface area contributed by atoms with Crippen LogP contribution in [0.3, 0.4) is 0 Å². The Kier molecular flexibility index (Phi) is 4.70. The number of aromatic nitrogens is 1. The van der Waals surface area contributed by atoms with Gasteiger partial charge in [-0.05, 0) is 54.2 Å². The quantitative estimate of drug-likeness (QED) is 0.688. The van der Waals surface area contributed by atoms with Crippen LogP contribution in [-0.4, -0.2) is 21.8 Å². The summed E-state index contributed by atoms with van der Waals surface area (Å²) in [7, 11) is 0. The molecule has 0 amide bonds. The van der Waals surface area contributed by atoms with E-state index in [9.17, 15) is 0 Å². The first-order chi connectivity index (χ1) is 12.8. The third-order valence-electron chi connectivity index (χ3n) is 3.94. The van der Waals surface area contributed by atoms with Crippen LogP contribution in [-0.2, 0) is 13.1 Å². The molecule has 0 bridgehead atoms. The normalized spacial score (nSPS) is 12.0. The number of furan rings is 1. The van der Waals surface area contributed by atoms with E-state index in [1.807, 2.05) is 47.4 Å². The Morgan fingerprint density at radius 3 is 2.85 bits per heavy atom. The number of ether oxygens (including phenoxy) is 2. The van der Waals surface area contributed by atoms with Gasteiger partial charge in [0.2, 0.25) is 6.79 Å². The summed E-state index contributed by atoms with van der Waals surface area (Å²) in [5, 5.41) is 3.81. The van der Waals surface area contributed by atoms with Gasteiger partial charge in [-0.2, -0.15) is 0 Å². The predicted molar refractivity (Wildman–Crippen MR) is 101 cm³/mol. The van der Waals surface area contributed by atoms with Crippen molar-refractivity contribution in [3.63, 3.8) is 0 Å². The Morgan fingerprint density at radius 1 is 1.12 bits per heavy atom. The summed E-state index contributed by atoms with van der Waals surface area (Å²) < 4.78 is 16.3. The van der Waals surface area contributed by atoms with Crippen molar-refractivity contribution in [3.05, 3.63) is 72.4 Å². The second kappa shape index (κ2) is 7.45. The molecule has 3 heterocycles. The number of hydrogen-bond acceptors (Lipinski definition) is 5. The Morgan fingerprint density at radius 2 is 2.04 bits per heavy atom. The highest BCUT2D eigenvalue weighted by molar-refractivity contribution is 7.80. The average Bonchev–Trinajstić information content (AvgIpc) is 3.33. The fraction of sp³-hybridized carbons (Fsp3) is 0.158. The van der Waals surface area contributed by atoms with Crippen molar-refractivity contribution in [2.75, 3.05) is 12.1 Å². The van der Waals surface area contributed by atoms with Gasteiger partial charge < -0.3 is 24.1 Å². The topological polar surface area (TPSA) is 59.8 Å². The summed E-state index contributed by atoms with van der Waals surface area (Å²) in [4.78, 5) is 6.13. The van der Waals surface area contributed by atoms with E-state index in [-0.39, 0.29) is 6.79 Å². The minimum atomic E-state index is 0.260. The molecule has 0 fully saturated rings. The number of nitrogens with zero attached hydrogens (tertiary/aromatic N) is 2. The molecular formula is C19H17N3O3S. The zero-order chi connectivity index (χ0) is 17.8. The molecule has 0 spiro atoms. The van der Waals surface area contributed by atoms with Gasteiger partial charge in [0.1, 0.15) is 5.76 Å². The van der Waals surface area contributed by atoms with Crippen molar-refractivity contribution in [1.82, 2.24) is 9.88 Å². The molecule has 132 valence electrons. The summed E-state index contributed by atoms with van der Waals surface area (Å²) in [6.07, 6.45) is 5.12. The maximum absolute atomic E-state index is 5.62. The van der Waals surface area contributed by atoms with Gasteiger partial charge in [0.15, 0.2) is 16.6 Å². The highest BCUT2D eigenvalue weighted by Crippen LogP contribution is 2.33. The van der Waals surface area contributed by atoms with E-state index in [0.717, 1.165) is 28.5 Å². The molecule has 0 saturated carbocycles. The molecule has 6 nitrogen and oxygen atoms in total. The molecule has 0 atom stereocenters. The van der Waals surface area contributed by atoms with Crippen molar-refractivity contribution >= 4 is 23.0 Å². The van der Waals surface area contributed by atoms with Gasteiger partial charge in [-0.25, -0.2) is 0 Å². The van der Waals surface area contributed by atoms with Gasteiger partial charge in [0.25, 0.3) is 0 Å². The predicted octanol–water partition coefficient (Wildman–Crippen LogP) is 3.80. The van der Waals surface area contributed by atoms with Gasteiger partial charge >= 0.3 is 0 Å². The summed E-state index contributed by atoms with van der Waals surface area (Å²) >= 11 is 5.62. The molecule has 4 rings (SSSR count). The smallest absolute Gasteiger partial charge is 0.231 e. The van der Waals surface area contributed by atoms with Crippen LogP contribution in [0.2, 0.25) is 0 Å². The van der Waals surface area contributed by atoms with Crippen molar-refractivity contribution in [3.8, 4) is 11.5 Å². The largest absolute Gasteiger partial charge is 0.467 e. The van der Waals surface area contributed by atoms with Gasteiger partial charge in [-0.3, -0.25) is 4.98 Å². The van der Waals surface area contributed by atoms with E-state index < -0.39 is 0 Å². The third-order valence-corrected chi connectivity index (χ3v) is 4.30. The molecule has 1 aliphatic heterocycles. The number of fused-ring (bicyclic) bond motifs is 1. The maximum atomic E-state index is 5.62. The van der Waals surface area contributed by atoms with Crippen molar-refractivity contribution < 1.29 is 13.9 Å². The molecule has 2 aromatic heterocycles. The molecule has 0 saturated heterocycles. The minimum absolute atomic E-state index is 0.260. The van der Waals surface area contributed by atoms with E-state index in [0.29, 0.717) is 18.2 Å². The second-order valence-electron chi connectivity index (χ2n) is 5.79. The average molecular weight is 367 g/mol. The van der Waals surface area contributed by atoms with Crippen LogP contribution >= 0.6 is 12.2 Å². The fourth-order valence-corrected chi connectivity index (χ4v) is 2.94. The lowest BCUT2D eigenvalue weighted by Crippen LogP contribution is -2.33. The van der Waals surface area contributed by atoms with Crippen LogP contribution in [0.15, 0.2) is 65.5 Å². The molecule has 0 aliphatic carbocycles. The van der Waals surface area contributed by atoms with E-state index in [4.69, 9.17) is 26.1 Å². The minimum Gasteiger partial charge on any atom is -0.467 e. The van der Waals surface area contributed by atoms with Gasteiger partial charge in [-0.1, -0.05) is 6.07 Å². The van der Waals surface area contributed by atoms with Gasteiger partial charge in [-0.15, -0.1) is 0 Å². The highest BCUT2D eigenvalue weighted by Gasteiger charge is 2.17. The Labute approximate surface area is 156 Å². The second-order valence-corrected chi connectivity index (χ2v) is 6.18. The molecule has 26 heavy (non-hydrogen) atoms. The molecule has 0 radical (unpaired) electrons. The standard InChI is InChI=1S/C19H17N3O3S/c26-19(21-15-3-1-7-20-10-15)22(12-16-4-2-8-23-16)11-14-5-6-17-18(9-14)25-13-24-17/h1-10H,11-13H2,(H,21,26). The number of benzene rings is 1. The Hall–Kier alpha value is -3.06. The maximum Gasteiger partial charge on any atom is 0.231 e. The summed E-state index contributed by atoms with van der Waals surface area (Å²) in [5.41, 5.74) is 1.91. The van der Waals surface area contributed by atoms with Crippen LogP contribution in [0.25, 0.3) is 0 Å². The first-order valence-electron chi connectivity index (χ1n) is 8.15. The first kappa shape index (κ1) is 16.4. The van der Waals surface area contributed by atoms with Crippen LogP contribution in [0, 0.1) is 0 Å². The number of rotatable bonds is 5. The lowest BCUT2D eigenvalue weighted by molar-refractivity contribution is 0.174. The van der Waals surface area contributed by atoms with Crippen LogP contribution in [0.1, 0.15) is 11.3 Å². The van der Waals surface area contributed by atoms with E-state index >= 15 is 0 Å². The zero-order valence-electron chi connectivity index (χ0n) is 13.9. The SMILES string of the molecule is S=C(Nc1cccnc1)N(Cc1ccc2c(c1)OCO2)Cc1ccco1. The van der Waals surface area contributed by atoms with Crippen LogP contribution in [0.5, 0.6) is 11.5 Å². The number of anilines is 1. The van der Waals surface area contributed by atoms with Gasteiger partial charge in [0.05, 0.1) is 24.7 Å². The lowest BCUT2D eigenvalue weighted by Gasteiger charge is -2.25. The number of thiocarbonyl (C=S) groups is 1. The summed E-state index contributed by atoms with van der Waals surface area (Å²) in [6, 6.07) is 13.5. The fourth-order valence-electron chi connectivity index (χ4n) is 2.69. The molecule has 1 N–H and O–H groups in total. The molecular weight excluding hydrogens is 350 g/mol. The van der Waals surface area contributed by atoms with Crippen molar-refractivity contribution in [2.24, 2.45) is 0 Å². The van der Waals surface area contributed by atoms with E-state index in [2.05, 4.69) is 10.3 Å². The monoisotopic (exact) mass is 367 g/mol. The molecule has 1 aliphatic rings. The van der Waals surface area contributed by atoms with Crippen LogP contribution in [0.4, 0.5) is 5.69 Å². The lowest BCUT2D eigenvalue weighted by atomic mass is 10.2. The third kappa shape index (κ3) is 3.78. The molecule has 1 aromatic carbocycles. The number of pyridine rings is 1.